The number of nitrogens with zero attached hydrogens (tertiary/aromatic N) is 3. The van der Waals surface area contributed by atoms with E-state index in [1.54, 1.807) is 11.3 Å². The summed E-state index contributed by atoms with van der Waals surface area (Å²) in [5.41, 5.74) is 2.29. The topological polar surface area (TPSA) is 85.8 Å². The maximum Gasteiger partial charge on any atom is 0.309 e. The number of ether oxygens (including phenoxy) is 3. The molecule has 1 N–H and O–H groups in total. The van der Waals surface area contributed by atoms with E-state index < -0.39 is 0 Å². The molecule has 0 aliphatic carbocycles. The molecule has 1 saturated heterocycles. The highest BCUT2D eigenvalue weighted by molar-refractivity contribution is 7.18. The van der Waals surface area contributed by atoms with E-state index in [0.29, 0.717) is 19.1 Å². The Morgan fingerprint density at radius 2 is 2.00 bits per heavy atom. The van der Waals surface area contributed by atoms with Crippen LogP contribution in [0.25, 0.3) is 10.2 Å². The Morgan fingerprint density at radius 3 is 2.79 bits per heavy atom. The molecule has 0 atom stereocenters. The quantitative estimate of drug-likeness (QED) is 0.532. The highest BCUT2D eigenvalue weighted by Gasteiger charge is 2.28. The highest BCUT2D eigenvalue weighted by Crippen LogP contribution is 2.36. The lowest BCUT2D eigenvalue weighted by Crippen LogP contribution is -2.38. The summed E-state index contributed by atoms with van der Waals surface area (Å²) in [6, 6.07) is 5.97. The van der Waals surface area contributed by atoms with E-state index in [0.717, 1.165) is 59.0 Å². The molecule has 2 aliphatic heterocycles. The third-order valence-electron chi connectivity index (χ3n) is 6.31. The van der Waals surface area contributed by atoms with Crippen molar-refractivity contribution in [1.82, 2.24) is 9.97 Å². The molecule has 0 unspecified atom stereocenters. The van der Waals surface area contributed by atoms with Gasteiger partial charge in [0, 0.05) is 24.5 Å². The van der Waals surface area contributed by atoms with E-state index in [1.165, 1.54) is 10.4 Å². The SMILES string of the molecule is CCOC(=O)C1CCN(c2nc(NCc3ccc4c(c3)OCO4)c3c(C)c(C)sc3n2)CC1. The minimum Gasteiger partial charge on any atom is -0.466 e. The van der Waals surface area contributed by atoms with Gasteiger partial charge in [-0.05, 0) is 56.9 Å². The number of aryl methyl sites for hydroxylation is 2. The minimum absolute atomic E-state index is 0.0419. The van der Waals surface area contributed by atoms with E-state index in [2.05, 4.69) is 24.1 Å². The fourth-order valence-corrected chi connectivity index (χ4v) is 5.34. The number of benzene rings is 1. The minimum atomic E-state index is -0.0934. The van der Waals surface area contributed by atoms with Crippen LogP contribution in [0.2, 0.25) is 0 Å². The number of esters is 1. The molecule has 0 amide bonds. The number of aromatic nitrogens is 2. The molecule has 4 heterocycles. The summed E-state index contributed by atoms with van der Waals surface area (Å²) in [7, 11) is 0. The van der Waals surface area contributed by atoms with Crippen LogP contribution in [-0.2, 0) is 16.1 Å². The van der Waals surface area contributed by atoms with Gasteiger partial charge < -0.3 is 24.4 Å². The highest BCUT2D eigenvalue weighted by atomic mass is 32.1. The molecule has 8 nitrogen and oxygen atoms in total. The number of hydrogen-bond donors (Lipinski definition) is 1. The zero-order chi connectivity index (χ0) is 22.9. The summed E-state index contributed by atoms with van der Waals surface area (Å²) in [5.74, 6) is 2.96. The van der Waals surface area contributed by atoms with Crippen molar-refractivity contribution in [3.05, 3.63) is 34.2 Å². The maximum atomic E-state index is 12.1. The molecule has 0 radical (unpaired) electrons. The molecule has 3 aromatic rings. The zero-order valence-electron chi connectivity index (χ0n) is 19.1. The number of rotatable bonds is 6. The van der Waals surface area contributed by atoms with E-state index in [4.69, 9.17) is 24.2 Å². The number of carbonyl (C=O) groups excluding carboxylic acids is 1. The summed E-state index contributed by atoms with van der Waals surface area (Å²) in [4.78, 5) is 26.3. The largest absolute Gasteiger partial charge is 0.466 e. The third kappa shape index (κ3) is 4.29. The lowest BCUT2D eigenvalue weighted by molar-refractivity contribution is -0.148. The first kappa shape index (κ1) is 21.8. The first-order valence-electron chi connectivity index (χ1n) is 11.3. The van der Waals surface area contributed by atoms with Gasteiger partial charge in [0.25, 0.3) is 0 Å². The van der Waals surface area contributed by atoms with Gasteiger partial charge in [-0.25, -0.2) is 4.98 Å². The monoisotopic (exact) mass is 468 g/mol. The van der Waals surface area contributed by atoms with Crippen LogP contribution in [0, 0.1) is 19.8 Å². The van der Waals surface area contributed by atoms with Crippen molar-refractivity contribution in [2.75, 3.05) is 36.7 Å². The van der Waals surface area contributed by atoms with Gasteiger partial charge in [-0.15, -0.1) is 11.3 Å². The Balaban J connectivity index is 1.38. The molecular formula is C24H28N4O4S. The van der Waals surface area contributed by atoms with Gasteiger partial charge in [0.2, 0.25) is 12.7 Å². The lowest BCUT2D eigenvalue weighted by Gasteiger charge is -2.31. The van der Waals surface area contributed by atoms with Crippen LogP contribution in [-0.4, -0.2) is 42.4 Å². The van der Waals surface area contributed by atoms with E-state index in [-0.39, 0.29) is 18.7 Å². The molecule has 2 aliphatic rings. The number of fused-ring (bicyclic) bond motifs is 2. The molecule has 5 rings (SSSR count). The van der Waals surface area contributed by atoms with Crippen molar-refractivity contribution in [3.63, 3.8) is 0 Å². The van der Waals surface area contributed by atoms with Crippen molar-refractivity contribution in [1.29, 1.82) is 0 Å². The third-order valence-corrected chi connectivity index (χ3v) is 7.41. The molecule has 9 heteroatoms. The van der Waals surface area contributed by atoms with E-state index in [9.17, 15) is 4.79 Å². The first-order chi connectivity index (χ1) is 16.0. The Kier molecular flexibility index (Phi) is 5.97. The van der Waals surface area contributed by atoms with Crippen molar-refractivity contribution in [2.24, 2.45) is 5.92 Å². The summed E-state index contributed by atoms with van der Waals surface area (Å²) >= 11 is 1.69. The van der Waals surface area contributed by atoms with Gasteiger partial charge >= 0.3 is 5.97 Å². The van der Waals surface area contributed by atoms with Crippen LogP contribution >= 0.6 is 11.3 Å². The van der Waals surface area contributed by atoms with Crippen LogP contribution in [0.1, 0.15) is 35.8 Å². The maximum absolute atomic E-state index is 12.1. The number of anilines is 2. The number of piperidine rings is 1. The fourth-order valence-electron chi connectivity index (χ4n) is 4.32. The Labute approximate surface area is 196 Å². The number of hydrogen-bond acceptors (Lipinski definition) is 9. The van der Waals surface area contributed by atoms with Gasteiger partial charge in [-0.1, -0.05) is 6.07 Å². The summed E-state index contributed by atoms with van der Waals surface area (Å²) in [6.07, 6.45) is 1.51. The second kappa shape index (κ2) is 9.05. The molecule has 2 aromatic heterocycles. The normalized spacial score (nSPS) is 15.8. The summed E-state index contributed by atoms with van der Waals surface area (Å²) in [5, 5.41) is 4.60. The van der Waals surface area contributed by atoms with Crippen LogP contribution in [0.3, 0.4) is 0 Å². The van der Waals surface area contributed by atoms with Gasteiger partial charge in [0.05, 0.1) is 17.9 Å². The first-order valence-corrected chi connectivity index (χ1v) is 12.2. The molecule has 1 aromatic carbocycles. The van der Waals surface area contributed by atoms with Crippen LogP contribution in [0.5, 0.6) is 11.5 Å². The van der Waals surface area contributed by atoms with Crippen LogP contribution in [0.4, 0.5) is 11.8 Å². The van der Waals surface area contributed by atoms with Crippen molar-refractivity contribution in [3.8, 4) is 11.5 Å². The standard InChI is InChI=1S/C24H28N4O4S/c1-4-30-23(29)17-7-9-28(10-8-17)24-26-21(20-14(2)15(3)33-22(20)27-24)25-12-16-5-6-18-19(11-16)32-13-31-18/h5-6,11,17H,4,7-10,12-13H2,1-3H3,(H,25,26,27). The smallest absolute Gasteiger partial charge is 0.309 e. The molecule has 0 spiro atoms. The van der Waals surface area contributed by atoms with Gasteiger partial charge in [0.1, 0.15) is 10.6 Å². The predicted octanol–water partition coefficient (Wildman–Crippen LogP) is 4.43. The van der Waals surface area contributed by atoms with Crippen LogP contribution in [0.15, 0.2) is 18.2 Å². The molecule has 33 heavy (non-hydrogen) atoms. The number of carbonyl (C=O) groups is 1. The number of nitrogens with one attached hydrogen (secondary N) is 1. The molecule has 0 bridgehead atoms. The summed E-state index contributed by atoms with van der Waals surface area (Å²) in [6.45, 7) is 8.86. The van der Waals surface area contributed by atoms with Crippen molar-refractivity contribution in [2.45, 2.75) is 40.2 Å². The summed E-state index contributed by atoms with van der Waals surface area (Å²) < 4.78 is 16.1. The predicted molar refractivity (Wildman–Crippen MR) is 128 cm³/mol. The fraction of sp³-hybridized carbons (Fsp3) is 0.458. The molecule has 1 fully saturated rings. The van der Waals surface area contributed by atoms with Gasteiger partial charge in [0.15, 0.2) is 11.5 Å². The average molecular weight is 469 g/mol. The Morgan fingerprint density at radius 1 is 1.21 bits per heavy atom. The van der Waals surface area contributed by atoms with Crippen molar-refractivity contribution < 1.29 is 19.0 Å². The van der Waals surface area contributed by atoms with E-state index in [1.807, 2.05) is 25.1 Å². The second-order valence-corrected chi connectivity index (χ2v) is 9.59. The second-order valence-electron chi connectivity index (χ2n) is 8.39. The van der Waals surface area contributed by atoms with Gasteiger partial charge in [-0.2, -0.15) is 4.98 Å². The average Bonchev–Trinajstić information content (AvgIpc) is 3.41. The van der Waals surface area contributed by atoms with Gasteiger partial charge in [-0.3, -0.25) is 4.79 Å². The lowest BCUT2D eigenvalue weighted by atomic mass is 9.97. The van der Waals surface area contributed by atoms with E-state index >= 15 is 0 Å². The Bertz CT molecular complexity index is 1190. The number of thiophene rings is 1. The van der Waals surface area contributed by atoms with Crippen molar-refractivity contribution >= 4 is 39.3 Å². The zero-order valence-corrected chi connectivity index (χ0v) is 20.0. The van der Waals surface area contributed by atoms with Crippen LogP contribution < -0.4 is 19.7 Å². The molecule has 174 valence electrons. The molecule has 0 saturated carbocycles. The Hall–Kier alpha value is -3.07. The molecular weight excluding hydrogens is 440 g/mol.